The zero-order chi connectivity index (χ0) is 13.7. The van der Waals surface area contributed by atoms with Crippen molar-refractivity contribution in [1.82, 2.24) is 5.32 Å². The van der Waals surface area contributed by atoms with Crippen molar-refractivity contribution in [3.05, 3.63) is 64.1 Å². The van der Waals surface area contributed by atoms with Crippen molar-refractivity contribution >= 4 is 27.7 Å². The van der Waals surface area contributed by atoms with E-state index in [1.165, 1.54) is 16.0 Å². The summed E-state index contributed by atoms with van der Waals surface area (Å²) < 4.78 is 1.12. The van der Waals surface area contributed by atoms with Crippen LogP contribution in [0.15, 0.2) is 57.9 Å². The Morgan fingerprint density at radius 1 is 1.05 bits per heavy atom. The van der Waals surface area contributed by atoms with Crippen molar-refractivity contribution < 1.29 is 0 Å². The third-order valence-corrected chi connectivity index (χ3v) is 4.41. The van der Waals surface area contributed by atoms with Gasteiger partial charge in [-0.25, -0.2) is 0 Å². The Hall–Kier alpha value is -0.770. The molecule has 2 aromatic rings. The molecule has 2 rings (SSSR count). The van der Waals surface area contributed by atoms with E-state index in [-0.39, 0.29) is 0 Å². The summed E-state index contributed by atoms with van der Waals surface area (Å²) >= 11 is 5.24. The Balaban J connectivity index is 1.92. The molecule has 0 spiro atoms. The van der Waals surface area contributed by atoms with Crippen molar-refractivity contribution in [2.45, 2.75) is 24.4 Å². The Morgan fingerprint density at radius 3 is 2.26 bits per heavy atom. The largest absolute Gasteiger partial charge is 0.306 e. The molecule has 0 aliphatic heterocycles. The molecule has 2 aromatic carbocycles. The van der Waals surface area contributed by atoms with Crippen LogP contribution in [0.4, 0.5) is 0 Å². The molecule has 0 bridgehead atoms. The predicted molar refractivity (Wildman–Crippen MR) is 87.6 cm³/mol. The molecule has 0 fully saturated rings. The molecule has 0 radical (unpaired) electrons. The first kappa shape index (κ1) is 14.6. The van der Waals surface area contributed by atoms with E-state index in [1.807, 2.05) is 0 Å². The fourth-order valence-corrected chi connectivity index (χ4v) is 2.56. The highest BCUT2D eigenvalue weighted by molar-refractivity contribution is 9.10. The summed E-state index contributed by atoms with van der Waals surface area (Å²) in [6.07, 6.45) is 2.10. The van der Waals surface area contributed by atoms with Gasteiger partial charge < -0.3 is 5.32 Å². The lowest BCUT2D eigenvalue weighted by atomic mass is 10.1. The molecular formula is C16H18BrNS. The molecule has 0 saturated carbocycles. The summed E-state index contributed by atoms with van der Waals surface area (Å²) in [4.78, 5) is 1.31. The van der Waals surface area contributed by atoms with Gasteiger partial charge >= 0.3 is 0 Å². The summed E-state index contributed by atoms with van der Waals surface area (Å²) in [5.41, 5.74) is 2.63. The van der Waals surface area contributed by atoms with Gasteiger partial charge in [-0.2, -0.15) is 0 Å². The third-order valence-electron chi connectivity index (χ3n) is 3.14. The predicted octanol–water partition coefficient (Wildman–Crippen LogP) is 5.02. The molecule has 0 heterocycles. The molecule has 19 heavy (non-hydrogen) atoms. The normalized spacial score (nSPS) is 12.4. The first-order valence-corrected chi connectivity index (χ1v) is 8.32. The lowest BCUT2D eigenvalue weighted by Crippen LogP contribution is -2.17. The van der Waals surface area contributed by atoms with Gasteiger partial charge in [0.1, 0.15) is 0 Å². The minimum Gasteiger partial charge on any atom is -0.306 e. The molecule has 0 aliphatic carbocycles. The molecular weight excluding hydrogens is 318 g/mol. The van der Waals surface area contributed by atoms with Gasteiger partial charge in [0.25, 0.3) is 0 Å². The van der Waals surface area contributed by atoms with Crippen LogP contribution in [0, 0.1) is 0 Å². The molecule has 100 valence electrons. The highest BCUT2D eigenvalue weighted by atomic mass is 79.9. The molecule has 1 N–H and O–H groups in total. The molecule has 1 atom stereocenters. The van der Waals surface area contributed by atoms with Crippen molar-refractivity contribution in [2.24, 2.45) is 0 Å². The van der Waals surface area contributed by atoms with E-state index in [0.717, 1.165) is 11.0 Å². The topological polar surface area (TPSA) is 12.0 Å². The number of hydrogen-bond donors (Lipinski definition) is 1. The smallest absolute Gasteiger partial charge is 0.0294 e. The lowest BCUT2D eigenvalue weighted by Gasteiger charge is -2.14. The fourth-order valence-electron chi connectivity index (χ4n) is 1.88. The van der Waals surface area contributed by atoms with Crippen LogP contribution in [-0.4, -0.2) is 6.26 Å². The van der Waals surface area contributed by atoms with E-state index in [2.05, 4.69) is 83.0 Å². The Labute approximate surface area is 127 Å². The van der Waals surface area contributed by atoms with E-state index < -0.39 is 0 Å². The SMILES string of the molecule is CSc1ccc(CNC(C)c2ccc(Br)cc2)cc1. The number of nitrogens with one attached hydrogen (secondary N) is 1. The van der Waals surface area contributed by atoms with Gasteiger partial charge in [-0.05, 0) is 48.6 Å². The van der Waals surface area contributed by atoms with Gasteiger partial charge in [0, 0.05) is 22.0 Å². The number of thioether (sulfide) groups is 1. The molecule has 0 aromatic heterocycles. The molecule has 0 aliphatic rings. The minimum atomic E-state index is 0.355. The number of halogens is 1. The molecule has 0 amide bonds. The molecule has 3 heteroatoms. The van der Waals surface area contributed by atoms with Crippen LogP contribution < -0.4 is 5.32 Å². The van der Waals surface area contributed by atoms with Crippen molar-refractivity contribution in [3.63, 3.8) is 0 Å². The summed E-state index contributed by atoms with van der Waals surface area (Å²) in [6, 6.07) is 17.5. The van der Waals surface area contributed by atoms with E-state index in [1.54, 1.807) is 11.8 Å². The van der Waals surface area contributed by atoms with Crippen LogP contribution in [-0.2, 0) is 6.54 Å². The Morgan fingerprint density at radius 2 is 1.68 bits per heavy atom. The van der Waals surface area contributed by atoms with Gasteiger partial charge in [0.05, 0.1) is 0 Å². The molecule has 1 unspecified atom stereocenters. The highest BCUT2D eigenvalue weighted by Gasteiger charge is 2.04. The maximum Gasteiger partial charge on any atom is 0.0294 e. The monoisotopic (exact) mass is 335 g/mol. The maximum atomic E-state index is 3.55. The van der Waals surface area contributed by atoms with Crippen molar-refractivity contribution in [1.29, 1.82) is 0 Å². The summed E-state index contributed by atoms with van der Waals surface area (Å²) in [5.74, 6) is 0. The maximum absolute atomic E-state index is 3.55. The van der Waals surface area contributed by atoms with Crippen molar-refractivity contribution in [2.75, 3.05) is 6.26 Å². The number of hydrogen-bond acceptors (Lipinski definition) is 2. The second-order valence-electron chi connectivity index (χ2n) is 4.50. The van der Waals surface area contributed by atoms with E-state index in [0.29, 0.717) is 6.04 Å². The van der Waals surface area contributed by atoms with Crippen LogP contribution in [0.3, 0.4) is 0 Å². The first-order valence-electron chi connectivity index (χ1n) is 6.31. The average molecular weight is 336 g/mol. The van der Waals surface area contributed by atoms with E-state index in [4.69, 9.17) is 0 Å². The standard InChI is InChI=1S/C16H18BrNS/c1-12(14-5-7-15(17)8-6-14)18-11-13-3-9-16(19-2)10-4-13/h3-10,12,18H,11H2,1-2H3. The fraction of sp³-hybridized carbons (Fsp3) is 0.250. The Kier molecular flexibility index (Phi) is 5.49. The molecule has 0 saturated heterocycles. The average Bonchev–Trinajstić information content (AvgIpc) is 2.46. The number of rotatable bonds is 5. The second-order valence-corrected chi connectivity index (χ2v) is 6.30. The van der Waals surface area contributed by atoms with Gasteiger partial charge in [-0.1, -0.05) is 40.2 Å². The Bertz CT molecular complexity index is 507. The zero-order valence-electron chi connectivity index (χ0n) is 11.2. The summed E-state index contributed by atoms with van der Waals surface area (Å²) in [7, 11) is 0. The van der Waals surface area contributed by atoms with Gasteiger partial charge in [-0.15, -0.1) is 11.8 Å². The first-order chi connectivity index (χ1) is 9.19. The van der Waals surface area contributed by atoms with Gasteiger partial charge in [0.15, 0.2) is 0 Å². The van der Waals surface area contributed by atoms with Crippen LogP contribution in [0.2, 0.25) is 0 Å². The van der Waals surface area contributed by atoms with Crippen molar-refractivity contribution in [3.8, 4) is 0 Å². The van der Waals surface area contributed by atoms with Crippen LogP contribution in [0.1, 0.15) is 24.1 Å². The zero-order valence-corrected chi connectivity index (χ0v) is 13.6. The quantitative estimate of drug-likeness (QED) is 0.769. The van der Waals surface area contributed by atoms with Gasteiger partial charge in [-0.3, -0.25) is 0 Å². The van der Waals surface area contributed by atoms with Crippen LogP contribution in [0.25, 0.3) is 0 Å². The highest BCUT2D eigenvalue weighted by Crippen LogP contribution is 2.18. The number of benzene rings is 2. The minimum absolute atomic E-state index is 0.355. The summed E-state index contributed by atoms with van der Waals surface area (Å²) in [6.45, 7) is 3.09. The van der Waals surface area contributed by atoms with E-state index in [9.17, 15) is 0 Å². The van der Waals surface area contributed by atoms with Crippen LogP contribution in [0.5, 0.6) is 0 Å². The third kappa shape index (κ3) is 4.37. The lowest BCUT2D eigenvalue weighted by molar-refractivity contribution is 0.574. The van der Waals surface area contributed by atoms with E-state index >= 15 is 0 Å². The summed E-state index contributed by atoms with van der Waals surface area (Å²) in [5, 5.41) is 3.55. The van der Waals surface area contributed by atoms with Crippen LogP contribution >= 0.6 is 27.7 Å². The van der Waals surface area contributed by atoms with Gasteiger partial charge in [0.2, 0.25) is 0 Å². The molecule has 1 nitrogen and oxygen atoms in total. The second kappa shape index (κ2) is 7.13.